The van der Waals surface area contributed by atoms with Crippen molar-refractivity contribution in [3.63, 3.8) is 0 Å². The molecule has 0 radical (unpaired) electrons. The maximum Gasteiger partial charge on any atom is 0.704 e. The van der Waals surface area contributed by atoms with E-state index in [-0.39, 0.29) is 21.8 Å². The van der Waals surface area contributed by atoms with Gasteiger partial charge in [-0.05, 0) is 64.3 Å². The van der Waals surface area contributed by atoms with Crippen molar-refractivity contribution in [3.8, 4) is 11.5 Å². The standard InChI is InChI=1S/C41H64N5O2/c1-37(2,3)31-21-28(19-17-18-20-44(16)36(42(12)13)43(14)15)34-29(22-31)25-45-27-40(10,11)46-26-30-23-32(38(4,5)6)24-33(39(7,8)9)35(30)48-41(45,46)47-34/h21-26H,17-20,27H2,1-16H3/q+3. The Balaban J connectivity index is 1.58. The molecule has 3 aliphatic heterocycles. The molecule has 2 aromatic carbocycles. The lowest BCUT2D eigenvalue weighted by atomic mass is 9.79. The molecule has 1 saturated heterocycles. The van der Waals surface area contributed by atoms with Crippen molar-refractivity contribution in [2.45, 2.75) is 123 Å². The quantitative estimate of drug-likeness (QED) is 0.154. The Morgan fingerprint density at radius 1 is 0.771 bits per heavy atom. The monoisotopic (exact) mass is 659 g/mol. The minimum atomic E-state index is -1.09. The topological polar surface area (TPSA) is 34.0 Å². The first-order valence-corrected chi connectivity index (χ1v) is 17.9. The smallest absolute Gasteiger partial charge is 0.340 e. The van der Waals surface area contributed by atoms with Crippen LogP contribution in [0.2, 0.25) is 0 Å². The Bertz CT molecular complexity index is 1690. The van der Waals surface area contributed by atoms with Crippen LogP contribution in [0.4, 0.5) is 0 Å². The lowest BCUT2D eigenvalue weighted by molar-refractivity contribution is -0.867. The lowest BCUT2D eigenvalue weighted by Crippen LogP contribution is -2.61. The molecule has 3 aliphatic rings. The Hall–Kier alpha value is -3.35. The molecule has 1 atom stereocenters. The number of hydrogen-bond donors (Lipinski definition) is 0. The van der Waals surface area contributed by atoms with Gasteiger partial charge in [0, 0.05) is 19.4 Å². The fourth-order valence-corrected chi connectivity index (χ4v) is 7.56. The highest BCUT2D eigenvalue weighted by molar-refractivity contribution is 5.85. The van der Waals surface area contributed by atoms with Gasteiger partial charge in [-0.2, -0.15) is 0 Å². The van der Waals surface area contributed by atoms with Gasteiger partial charge in [0.15, 0.2) is 23.9 Å². The molecule has 0 bridgehead atoms. The zero-order chi connectivity index (χ0) is 35.8. The summed E-state index contributed by atoms with van der Waals surface area (Å²) in [6.07, 6.45) is 7.70. The largest absolute Gasteiger partial charge is 0.704 e. The van der Waals surface area contributed by atoms with Gasteiger partial charge in [0.1, 0.15) is 0 Å². The predicted molar refractivity (Wildman–Crippen MR) is 199 cm³/mol. The highest BCUT2D eigenvalue weighted by Crippen LogP contribution is 2.47. The van der Waals surface area contributed by atoms with Crippen LogP contribution in [-0.4, -0.2) is 102 Å². The molecule has 0 saturated carbocycles. The minimum Gasteiger partial charge on any atom is -0.340 e. The van der Waals surface area contributed by atoms with Gasteiger partial charge in [-0.3, -0.25) is 14.4 Å². The molecule has 7 heteroatoms. The van der Waals surface area contributed by atoms with Crippen LogP contribution in [0.25, 0.3) is 0 Å². The Morgan fingerprint density at radius 2 is 1.33 bits per heavy atom. The number of nitrogens with zero attached hydrogens (tertiary/aromatic N) is 5. The third-order valence-electron chi connectivity index (χ3n) is 10.1. The maximum absolute atomic E-state index is 7.32. The van der Waals surface area contributed by atoms with E-state index in [0.717, 1.165) is 55.0 Å². The summed E-state index contributed by atoms with van der Waals surface area (Å²) >= 11 is 0. The Kier molecular flexibility index (Phi) is 8.92. The van der Waals surface area contributed by atoms with Crippen molar-refractivity contribution in [2.24, 2.45) is 0 Å². The number of ether oxygens (including phenoxy) is 2. The van der Waals surface area contributed by atoms with Crippen LogP contribution < -0.4 is 9.47 Å². The van der Waals surface area contributed by atoms with Crippen molar-refractivity contribution in [3.05, 3.63) is 57.6 Å². The Morgan fingerprint density at radius 3 is 1.88 bits per heavy atom. The third kappa shape index (κ3) is 6.50. The number of guanidine groups is 1. The average molecular weight is 659 g/mol. The molecule has 5 rings (SSSR count). The van der Waals surface area contributed by atoms with Gasteiger partial charge in [0.2, 0.25) is 12.1 Å². The molecular weight excluding hydrogens is 594 g/mol. The molecule has 7 nitrogen and oxygen atoms in total. The first-order chi connectivity index (χ1) is 22.0. The van der Waals surface area contributed by atoms with E-state index in [0.29, 0.717) is 0 Å². The number of unbranched alkanes of at least 4 members (excludes halogenated alkanes) is 1. The summed E-state index contributed by atoms with van der Waals surface area (Å²) in [7, 11) is 10.6. The highest BCUT2D eigenvalue weighted by atomic mass is 16.7. The van der Waals surface area contributed by atoms with Crippen molar-refractivity contribution in [1.29, 1.82) is 0 Å². The van der Waals surface area contributed by atoms with Gasteiger partial charge in [-0.25, -0.2) is 0 Å². The van der Waals surface area contributed by atoms with Crippen LogP contribution in [0, 0.1) is 0 Å². The van der Waals surface area contributed by atoms with E-state index in [2.05, 4.69) is 172 Å². The number of hydrogen-bond acceptors (Lipinski definition) is 2. The summed E-state index contributed by atoms with van der Waals surface area (Å²) in [5.41, 5.74) is 7.10. The van der Waals surface area contributed by atoms with Gasteiger partial charge in [-0.1, -0.05) is 83.6 Å². The summed E-state index contributed by atoms with van der Waals surface area (Å²) < 4.78 is 21.4. The van der Waals surface area contributed by atoms with E-state index in [4.69, 9.17) is 9.47 Å². The molecule has 1 spiro atoms. The minimum absolute atomic E-state index is 0.0188. The van der Waals surface area contributed by atoms with Crippen LogP contribution in [-0.2, 0) is 22.7 Å². The SMILES string of the molecule is CN(C)C(N(C)CCCCc1cc(C(C)(C)C)cc2c1OC13Oc4c(cc(C(C)(C)C)cc4C(C)(C)C)C=[N+]1C(C)(C)C[N+]3=C2)=[N+](C)C. The van der Waals surface area contributed by atoms with Gasteiger partial charge in [-0.15, -0.1) is 0 Å². The first-order valence-electron chi connectivity index (χ1n) is 17.9. The van der Waals surface area contributed by atoms with Gasteiger partial charge in [0.25, 0.3) is 0 Å². The first kappa shape index (κ1) is 35.9. The van der Waals surface area contributed by atoms with Crippen LogP contribution in [0.15, 0.2) is 24.3 Å². The normalized spacial score (nSPS) is 19.5. The predicted octanol–water partition coefficient (Wildman–Crippen LogP) is 6.77. The molecule has 0 amide bonds. The molecule has 0 aromatic heterocycles. The average Bonchev–Trinajstić information content (AvgIpc) is 3.15. The van der Waals surface area contributed by atoms with Crippen LogP contribution in [0.1, 0.15) is 122 Å². The summed E-state index contributed by atoms with van der Waals surface area (Å²) in [6, 6.07) is 8.32. The summed E-state index contributed by atoms with van der Waals surface area (Å²) in [4.78, 5) is 4.53. The number of fused-ring (bicyclic) bond motifs is 2. The second-order valence-corrected chi connectivity index (χ2v) is 18.5. The maximum atomic E-state index is 7.32. The zero-order valence-electron chi connectivity index (χ0n) is 33.1. The van der Waals surface area contributed by atoms with E-state index < -0.39 is 6.03 Å². The van der Waals surface area contributed by atoms with Gasteiger partial charge < -0.3 is 9.47 Å². The number of rotatable bonds is 5. The lowest BCUT2D eigenvalue weighted by Gasteiger charge is -2.34. The van der Waals surface area contributed by atoms with Crippen molar-refractivity contribution in [2.75, 3.05) is 48.3 Å². The fraction of sp³-hybridized carbons (Fsp3) is 0.634. The zero-order valence-corrected chi connectivity index (χ0v) is 33.1. The van der Waals surface area contributed by atoms with Crippen molar-refractivity contribution < 1.29 is 23.2 Å². The second-order valence-electron chi connectivity index (χ2n) is 18.5. The molecule has 2 aromatic rings. The van der Waals surface area contributed by atoms with E-state index in [1.54, 1.807) is 0 Å². The summed E-state index contributed by atoms with van der Waals surface area (Å²) in [5.74, 6) is 3.08. The second kappa shape index (κ2) is 11.9. The van der Waals surface area contributed by atoms with Crippen LogP contribution in [0.5, 0.6) is 11.5 Å². The van der Waals surface area contributed by atoms with E-state index in [9.17, 15) is 0 Å². The third-order valence-corrected chi connectivity index (χ3v) is 10.1. The molecule has 1 fully saturated rings. The van der Waals surface area contributed by atoms with Crippen LogP contribution >= 0.6 is 0 Å². The van der Waals surface area contributed by atoms with Crippen molar-refractivity contribution >= 4 is 18.4 Å². The van der Waals surface area contributed by atoms with Gasteiger partial charge in [0.05, 0.1) is 52.9 Å². The molecule has 0 aliphatic carbocycles. The highest BCUT2D eigenvalue weighted by Gasteiger charge is 2.75. The molecular formula is C41H64N5O2+3. The molecule has 0 N–H and O–H groups in total. The number of aryl methyl sites for hydroxylation is 1. The molecule has 262 valence electrons. The summed E-state index contributed by atoms with van der Waals surface area (Å²) in [5, 5.41) is 0. The summed E-state index contributed by atoms with van der Waals surface area (Å²) in [6.45, 7) is 27.0. The fourth-order valence-electron chi connectivity index (χ4n) is 7.56. The van der Waals surface area contributed by atoms with E-state index in [1.165, 1.54) is 28.2 Å². The van der Waals surface area contributed by atoms with E-state index in [1.807, 2.05) is 0 Å². The molecule has 3 heterocycles. The Labute approximate surface area is 291 Å². The molecule has 1 unspecified atom stereocenters. The van der Waals surface area contributed by atoms with Gasteiger partial charge >= 0.3 is 12.0 Å². The molecule has 48 heavy (non-hydrogen) atoms. The van der Waals surface area contributed by atoms with E-state index >= 15 is 0 Å². The van der Waals surface area contributed by atoms with Crippen molar-refractivity contribution in [1.82, 2.24) is 9.80 Å². The number of benzene rings is 2. The van der Waals surface area contributed by atoms with Crippen LogP contribution in [0.3, 0.4) is 0 Å².